The minimum Gasteiger partial charge on any atom is -0.501 e. The fraction of sp³-hybridized carbons (Fsp3) is 0.226. The Morgan fingerprint density at radius 1 is 0.614 bits per heavy atom. The number of furan rings is 1. The van der Waals surface area contributed by atoms with Crippen LogP contribution in [0.3, 0.4) is 0 Å². The number of imidazole rings is 1. The molecule has 8 heteroatoms. The fourth-order valence-corrected chi connectivity index (χ4v) is 8.99. The van der Waals surface area contributed by atoms with E-state index in [-0.39, 0.29) is 54.2 Å². The van der Waals surface area contributed by atoms with Crippen molar-refractivity contribution < 1.29 is 37.7 Å². The van der Waals surface area contributed by atoms with Crippen LogP contribution < -0.4 is 0 Å². The smallest absolute Gasteiger partial charge is 0.133 e. The van der Waals surface area contributed by atoms with Crippen LogP contribution in [0.5, 0.6) is 0 Å². The molecule has 0 saturated heterocycles. The number of para-hydroxylation sites is 2. The molecular weight excluding hydrogens is 1050 g/mol. The van der Waals surface area contributed by atoms with Gasteiger partial charge in [-0.1, -0.05) is 141 Å². The summed E-state index contributed by atoms with van der Waals surface area (Å²) in [6.45, 7) is 22.8. The largest absolute Gasteiger partial charge is 0.501 e. The van der Waals surface area contributed by atoms with E-state index in [4.69, 9.17) is 9.40 Å². The maximum Gasteiger partial charge on any atom is 0.133 e. The minimum atomic E-state index is -0.618. The van der Waals surface area contributed by atoms with Gasteiger partial charge in [0.05, 0.1) is 28.0 Å². The molecule has 10 aromatic rings. The molecule has 0 atom stereocenters. The Balaban J connectivity index is 0.000000406. The van der Waals surface area contributed by atoms with Crippen molar-refractivity contribution in [1.29, 1.82) is 0 Å². The van der Waals surface area contributed by atoms with E-state index >= 15 is 0 Å². The van der Waals surface area contributed by atoms with Crippen LogP contribution >= 0.6 is 0 Å². The van der Waals surface area contributed by atoms with Crippen molar-refractivity contribution >= 4 is 33.0 Å². The van der Waals surface area contributed by atoms with Gasteiger partial charge in [-0.15, -0.1) is 48.0 Å². The van der Waals surface area contributed by atoms with Gasteiger partial charge in [0.25, 0.3) is 0 Å². The van der Waals surface area contributed by atoms with Crippen molar-refractivity contribution in [3.8, 4) is 50.6 Å². The van der Waals surface area contributed by atoms with Gasteiger partial charge >= 0.3 is 0 Å². The molecule has 0 fully saturated rings. The van der Waals surface area contributed by atoms with Gasteiger partial charge in [-0.05, 0) is 116 Å². The Bertz CT molecular complexity index is 3420. The molecule has 7 aromatic carbocycles. The number of pyridine rings is 1. The molecule has 0 aliphatic heterocycles. The molecular formula is C62H56F3IrN3O-2. The Labute approximate surface area is 423 Å². The van der Waals surface area contributed by atoms with E-state index in [1.54, 1.807) is 24.4 Å². The summed E-state index contributed by atoms with van der Waals surface area (Å²) in [6.07, 6.45) is 1.70. The maximum atomic E-state index is 14.9. The number of aromatic nitrogens is 3. The number of benzene rings is 7. The van der Waals surface area contributed by atoms with Gasteiger partial charge in [0.1, 0.15) is 17.2 Å². The van der Waals surface area contributed by atoms with Crippen LogP contribution in [0.4, 0.5) is 13.2 Å². The Hall–Kier alpha value is -6.60. The first-order chi connectivity index (χ1) is 32.9. The van der Waals surface area contributed by atoms with E-state index in [1.807, 2.05) is 48.5 Å². The molecule has 0 bridgehead atoms. The summed E-state index contributed by atoms with van der Waals surface area (Å²) < 4.78 is 51.2. The molecule has 1 radical (unpaired) electrons. The summed E-state index contributed by atoms with van der Waals surface area (Å²) in [6, 6.07) is 49.6. The number of hydrogen-bond donors (Lipinski definition) is 0. The summed E-state index contributed by atoms with van der Waals surface area (Å²) in [7, 11) is 0. The Morgan fingerprint density at radius 2 is 1.26 bits per heavy atom. The van der Waals surface area contributed by atoms with Crippen molar-refractivity contribution in [2.45, 2.75) is 91.9 Å². The molecule has 357 valence electrons. The van der Waals surface area contributed by atoms with Gasteiger partial charge in [0, 0.05) is 43.2 Å². The third-order valence-electron chi connectivity index (χ3n) is 12.8. The molecule has 0 spiro atoms. The van der Waals surface area contributed by atoms with Crippen LogP contribution in [0.2, 0.25) is 0 Å². The second kappa shape index (κ2) is 19.7. The second-order valence-corrected chi connectivity index (χ2v) is 20.5. The Kier molecular flexibility index (Phi) is 14.0. The van der Waals surface area contributed by atoms with Crippen molar-refractivity contribution in [3.05, 3.63) is 198 Å². The van der Waals surface area contributed by atoms with Crippen LogP contribution in [0.25, 0.3) is 83.6 Å². The van der Waals surface area contributed by atoms with Gasteiger partial charge in [0.15, 0.2) is 0 Å². The van der Waals surface area contributed by atoms with Crippen LogP contribution in [0, 0.1) is 29.6 Å². The Morgan fingerprint density at radius 3 is 1.86 bits per heavy atom. The number of hydrogen-bond acceptors (Lipinski definition) is 3. The summed E-state index contributed by atoms with van der Waals surface area (Å²) in [5.74, 6) is -0.419. The molecule has 0 aliphatic carbocycles. The zero-order chi connectivity index (χ0) is 48.9. The van der Waals surface area contributed by atoms with Crippen LogP contribution in [-0.2, 0) is 30.9 Å². The van der Waals surface area contributed by atoms with E-state index in [0.29, 0.717) is 16.7 Å². The van der Waals surface area contributed by atoms with Crippen molar-refractivity contribution in [2.75, 3.05) is 0 Å². The molecule has 0 unspecified atom stereocenters. The normalized spacial score (nSPS) is 11.9. The summed E-state index contributed by atoms with van der Waals surface area (Å²) in [5.41, 5.74) is 14.3. The summed E-state index contributed by atoms with van der Waals surface area (Å²) in [4.78, 5) is 9.42. The monoisotopic (exact) mass is 1110 g/mol. The molecule has 3 heterocycles. The van der Waals surface area contributed by atoms with Crippen molar-refractivity contribution in [1.82, 2.24) is 14.5 Å². The standard InChI is InChI=1S/C51H49F2N2O.C11H7FN.Ir/c1-29(2)39-25-33(32-23-34(50(5,6)7)28-35(24-32)51(8,9)10)26-40(30(3)4)47(39)55-44-20-12-11-19-43(44)54-49(55)38-16-13-15-37-36-22-21-31(27-45(36)56-48(37)38)46-41(52)17-14-18-42(46)53;12-10-6-4-9(5-7-10)11-3-1-2-8-13-11;/h11-15,17-30H,1-10H3;1-4,6-8H;/q2*-1;. The SMILES string of the molecule is CC(C)c1cc(-c2cc(C(C)(C)C)cc(C(C)(C)C)c2)cc(C(C)C)c1-n1c(-c2[c-]ccc3c2oc2cc(-c4c(F)cccc4F)ccc23)nc2ccccc21.Fc1c[c-]c(-c2ccccn2)cc1.[Ir]. The minimum absolute atomic E-state index is 0. The first-order valence-electron chi connectivity index (χ1n) is 23.6. The topological polar surface area (TPSA) is 43.9 Å². The van der Waals surface area contributed by atoms with Gasteiger partial charge in [-0.25, -0.2) is 8.78 Å². The number of rotatable bonds is 7. The average molecular weight is 1110 g/mol. The molecule has 4 nitrogen and oxygen atoms in total. The third-order valence-corrected chi connectivity index (χ3v) is 12.8. The summed E-state index contributed by atoms with van der Waals surface area (Å²) >= 11 is 0. The van der Waals surface area contributed by atoms with E-state index < -0.39 is 11.6 Å². The van der Waals surface area contributed by atoms with Crippen molar-refractivity contribution in [2.24, 2.45) is 0 Å². The van der Waals surface area contributed by atoms with Gasteiger partial charge < -0.3 is 14.0 Å². The van der Waals surface area contributed by atoms with Crippen LogP contribution in [0.15, 0.2) is 150 Å². The molecule has 0 N–H and O–H groups in total. The predicted molar refractivity (Wildman–Crippen MR) is 277 cm³/mol. The van der Waals surface area contributed by atoms with E-state index in [2.05, 4.69) is 133 Å². The zero-order valence-electron chi connectivity index (χ0n) is 41.2. The van der Waals surface area contributed by atoms with Crippen LogP contribution in [-0.4, -0.2) is 14.5 Å². The molecule has 0 amide bonds. The van der Waals surface area contributed by atoms with Gasteiger partial charge in [-0.2, -0.15) is 0 Å². The van der Waals surface area contributed by atoms with E-state index in [1.165, 1.54) is 63.7 Å². The second-order valence-electron chi connectivity index (χ2n) is 20.5. The molecule has 70 heavy (non-hydrogen) atoms. The molecule has 3 aromatic heterocycles. The molecule has 10 rings (SSSR count). The quantitative estimate of drug-likeness (QED) is 0.149. The summed E-state index contributed by atoms with van der Waals surface area (Å²) in [5, 5.41) is 1.73. The molecule has 0 saturated carbocycles. The first kappa shape index (κ1) is 49.8. The van der Waals surface area contributed by atoms with E-state index in [9.17, 15) is 13.2 Å². The van der Waals surface area contributed by atoms with Gasteiger partial charge in [0.2, 0.25) is 0 Å². The number of fused-ring (bicyclic) bond motifs is 4. The maximum absolute atomic E-state index is 14.9. The van der Waals surface area contributed by atoms with Gasteiger partial charge in [-0.3, -0.25) is 9.37 Å². The zero-order valence-corrected chi connectivity index (χ0v) is 43.6. The number of nitrogens with zero attached hydrogens (tertiary/aromatic N) is 3. The van der Waals surface area contributed by atoms with Crippen molar-refractivity contribution in [3.63, 3.8) is 0 Å². The van der Waals surface area contributed by atoms with E-state index in [0.717, 1.165) is 50.1 Å². The number of halogens is 3. The first-order valence-corrected chi connectivity index (χ1v) is 23.6. The third kappa shape index (κ3) is 9.77. The van der Waals surface area contributed by atoms with Crippen LogP contribution in [0.1, 0.15) is 103 Å². The molecule has 0 aliphatic rings. The predicted octanol–water partition coefficient (Wildman–Crippen LogP) is 17.5. The average Bonchev–Trinajstić information content (AvgIpc) is 3.89. The fourth-order valence-electron chi connectivity index (χ4n) is 8.99.